The molecule has 138 valence electrons. The van der Waals surface area contributed by atoms with Crippen LogP contribution >= 0.6 is 0 Å². The zero-order valence-electron chi connectivity index (χ0n) is 15.6. The molecule has 0 bridgehead atoms. The zero-order chi connectivity index (χ0) is 18.0. The smallest absolute Gasteiger partial charge is 0.308 e. The van der Waals surface area contributed by atoms with E-state index in [0.29, 0.717) is 19.5 Å². The number of ether oxygens (including phenoxy) is 1. The summed E-state index contributed by atoms with van der Waals surface area (Å²) in [5.74, 6) is -0.777. The molecule has 6 heteroatoms. The van der Waals surface area contributed by atoms with Gasteiger partial charge in [0.05, 0.1) is 24.2 Å². The van der Waals surface area contributed by atoms with Gasteiger partial charge < -0.3 is 14.7 Å². The van der Waals surface area contributed by atoms with Gasteiger partial charge >= 0.3 is 5.97 Å². The van der Waals surface area contributed by atoms with Crippen molar-refractivity contribution in [1.82, 2.24) is 9.80 Å². The molecule has 0 aromatic heterocycles. The van der Waals surface area contributed by atoms with E-state index in [1.165, 1.54) is 0 Å². The highest BCUT2D eigenvalue weighted by Crippen LogP contribution is 2.26. The van der Waals surface area contributed by atoms with Gasteiger partial charge in [0.25, 0.3) is 0 Å². The highest BCUT2D eigenvalue weighted by Gasteiger charge is 2.39. The van der Waals surface area contributed by atoms with Crippen molar-refractivity contribution in [2.75, 3.05) is 26.2 Å². The van der Waals surface area contributed by atoms with Crippen LogP contribution in [0.3, 0.4) is 0 Å². The summed E-state index contributed by atoms with van der Waals surface area (Å²) < 4.78 is 5.79. The Bertz CT molecular complexity index is 458. The summed E-state index contributed by atoms with van der Waals surface area (Å²) in [6.07, 6.45) is 0.863. The third-order valence-electron chi connectivity index (χ3n) is 5.05. The molecular formula is C18H32N2O4. The average molecular weight is 340 g/mol. The summed E-state index contributed by atoms with van der Waals surface area (Å²) in [5, 5.41) is 9.36. The molecule has 24 heavy (non-hydrogen) atoms. The second kappa shape index (κ2) is 7.83. The van der Waals surface area contributed by atoms with Crippen LogP contribution in [0.5, 0.6) is 0 Å². The average Bonchev–Trinajstić information content (AvgIpc) is 2.45. The highest BCUT2D eigenvalue weighted by molar-refractivity contribution is 5.83. The number of aliphatic carboxylic acids is 1. The number of hydrogen-bond acceptors (Lipinski definition) is 4. The lowest BCUT2D eigenvalue weighted by atomic mass is 9.89. The van der Waals surface area contributed by atoms with Crippen molar-refractivity contribution < 1.29 is 19.4 Å². The molecule has 0 aromatic rings. The number of piperidine rings is 1. The number of carbonyl (C=O) groups is 2. The first kappa shape index (κ1) is 19.2. The van der Waals surface area contributed by atoms with Gasteiger partial charge in [0.1, 0.15) is 0 Å². The SMILES string of the molecule is CC1CC(C(=O)O)CN(C(=O)C(C(C)C)N2CC(C)OC(C)C2)C1. The molecule has 0 aromatic carbocycles. The second-order valence-corrected chi connectivity index (χ2v) is 8.02. The topological polar surface area (TPSA) is 70.1 Å². The molecule has 2 fully saturated rings. The third kappa shape index (κ3) is 4.48. The number of nitrogens with zero attached hydrogens (tertiary/aromatic N) is 2. The van der Waals surface area contributed by atoms with Gasteiger partial charge in [0, 0.05) is 26.2 Å². The molecule has 0 aliphatic carbocycles. The summed E-state index contributed by atoms with van der Waals surface area (Å²) in [6, 6.07) is -0.210. The fourth-order valence-electron chi connectivity index (χ4n) is 4.21. The van der Waals surface area contributed by atoms with E-state index in [9.17, 15) is 14.7 Å². The van der Waals surface area contributed by atoms with E-state index < -0.39 is 11.9 Å². The summed E-state index contributed by atoms with van der Waals surface area (Å²) in [4.78, 5) is 28.6. The van der Waals surface area contributed by atoms with Crippen LogP contribution < -0.4 is 0 Å². The van der Waals surface area contributed by atoms with E-state index in [4.69, 9.17) is 4.74 Å². The Labute approximate surface area is 145 Å². The van der Waals surface area contributed by atoms with Crippen molar-refractivity contribution in [3.63, 3.8) is 0 Å². The molecule has 6 nitrogen and oxygen atoms in total. The summed E-state index contributed by atoms with van der Waals surface area (Å²) in [7, 11) is 0. The minimum absolute atomic E-state index is 0.0732. The van der Waals surface area contributed by atoms with E-state index in [-0.39, 0.29) is 36.0 Å². The van der Waals surface area contributed by atoms with Gasteiger partial charge in [-0.15, -0.1) is 0 Å². The van der Waals surface area contributed by atoms with Crippen molar-refractivity contribution in [3.05, 3.63) is 0 Å². The molecule has 0 saturated carbocycles. The molecule has 2 aliphatic rings. The maximum Gasteiger partial charge on any atom is 0.308 e. The lowest BCUT2D eigenvalue weighted by Gasteiger charge is -2.44. The number of morpholine rings is 1. The first-order valence-electron chi connectivity index (χ1n) is 9.10. The number of hydrogen-bond donors (Lipinski definition) is 1. The van der Waals surface area contributed by atoms with Crippen molar-refractivity contribution in [1.29, 1.82) is 0 Å². The Kier molecular flexibility index (Phi) is 6.26. The monoisotopic (exact) mass is 340 g/mol. The van der Waals surface area contributed by atoms with Gasteiger partial charge in [0.2, 0.25) is 5.91 Å². The third-order valence-corrected chi connectivity index (χ3v) is 5.05. The van der Waals surface area contributed by atoms with Gasteiger partial charge in [-0.2, -0.15) is 0 Å². The minimum atomic E-state index is -0.797. The number of carboxylic acids is 1. The van der Waals surface area contributed by atoms with Crippen molar-refractivity contribution in [2.24, 2.45) is 17.8 Å². The number of rotatable bonds is 4. The van der Waals surface area contributed by atoms with E-state index in [0.717, 1.165) is 13.1 Å². The molecule has 2 rings (SSSR count). The predicted molar refractivity (Wildman–Crippen MR) is 91.7 cm³/mol. The fourth-order valence-corrected chi connectivity index (χ4v) is 4.21. The van der Waals surface area contributed by atoms with E-state index >= 15 is 0 Å². The molecule has 5 atom stereocenters. The van der Waals surface area contributed by atoms with Gasteiger partial charge in [-0.25, -0.2) is 0 Å². The lowest BCUT2D eigenvalue weighted by Crippen LogP contribution is -2.59. The quantitative estimate of drug-likeness (QED) is 0.843. The Morgan fingerprint density at radius 3 is 2.12 bits per heavy atom. The van der Waals surface area contributed by atoms with E-state index in [1.807, 2.05) is 20.8 Å². The van der Waals surface area contributed by atoms with Gasteiger partial charge in [-0.3, -0.25) is 14.5 Å². The molecular weight excluding hydrogens is 308 g/mol. The van der Waals surface area contributed by atoms with Crippen LogP contribution in [0.15, 0.2) is 0 Å². The lowest BCUT2D eigenvalue weighted by molar-refractivity contribution is -0.152. The largest absolute Gasteiger partial charge is 0.481 e. The number of carboxylic acid groups (broad SMARTS) is 1. The maximum atomic E-state index is 13.2. The maximum absolute atomic E-state index is 13.2. The first-order chi connectivity index (χ1) is 11.2. The van der Waals surface area contributed by atoms with Gasteiger partial charge in [-0.1, -0.05) is 20.8 Å². The highest BCUT2D eigenvalue weighted by atomic mass is 16.5. The molecule has 2 saturated heterocycles. The van der Waals surface area contributed by atoms with Crippen LogP contribution in [0.25, 0.3) is 0 Å². The molecule has 5 unspecified atom stereocenters. The normalized spacial score (nSPS) is 33.5. The molecule has 1 N–H and O–H groups in total. The van der Waals surface area contributed by atoms with Crippen LogP contribution in [0.2, 0.25) is 0 Å². The molecule has 0 spiro atoms. The fraction of sp³-hybridized carbons (Fsp3) is 0.889. The summed E-state index contributed by atoms with van der Waals surface area (Å²) in [5.41, 5.74) is 0. The van der Waals surface area contributed by atoms with Crippen LogP contribution in [0, 0.1) is 17.8 Å². The van der Waals surface area contributed by atoms with Crippen molar-refractivity contribution >= 4 is 11.9 Å². The summed E-state index contributed by atoms with van der Waals surface area (Å²) in [6.45, 7) is 12.7. The summed E-state index contributed by atoms with van der Waals surface area (Å²) >= 11 is 0. The number of amides is 1. The Hall–Kier alpha value is -1.14. The Morgan fingerprint density at radius 1 is 1.04 bits per heavy atom. The van der Waals surface area contributed by atoms with Crippen molar-refractivity contribution in [3.8, 4) is 0 Å². The standard InChI is InChI=1S/C18H32N2O4/c1-11(2)16(19-8-13(4)24-14(5)9-19)17(21)20-7-12(3)6-15(10-20)18(22)23/h11-16H,6-10H2,1-5H3,(H,22,23). The van der Waals surface area contributed by atoms with Crippen LogP contribution in [0.4, 0.5) is 0 Å². The molecule has 2 aliphatic heterocycles. The molecule has 0 radical (unpaired) electrons. The Balaban J connectivity index is 2.14. The van der Waals surface area contributed by atoms with E-state index in [1.54, 1.807) is 4.90 Å². The molecule has 1 amide bonds. The van der Waals surface area contributed by atoms with Crippen LogP contribution in [-0.4, -0.2) is 71.2 Å². The van der Waals surface area contributed by atoms with Crippen LogP contribution in [0.1, 0.15) is 41.0 Å². The predicted octanol–water partition coefficient (Wildman–Crippen LogP) is 1.69. The first-order valence-corrected chi connectivity index (χ1v) is 9.10. The van der Waals surface area contributed by atoms with E-state index in [2.05, 4.69) is 18.7 Å². The van der Waals surface area contributed by atoms with Gasteiger partial charge in [-0.05, 0) is 32.1 Å². The number of carbonyl (C=O) groups excluding carboxylic acids is 1. The zero-order valence-corrected chi connectivity index (χ0v) is 15.6. The van der Waals surface area contributed by atoms with Crippen LogP contribution in [-0.2, 0) is 14.3 Å². The minimum Gasteiger partial charge on any atom is -0.481 e. The second-order valence-electron chi connectivity index (χ2n) is 8.02. The number of likely N-dealkylation sites (tertiary alicyclic amines) is 1. The van der Waals surface area contributed by atoms with Gasteiger partial charge in [0.15, 0.2) is 0 Å². The molecule has 2 heterocycles. The van der Waals surface area contributed by atoms with Crippen molar-refractivity contribution in [2.45, 2.75) is 59.3 Å². The Morgan fingerprint density at radius 2 is 1.62 bits per heavy atom.